The summed E-state index contributed by atoms with van der Waals surface area (Å²) in [5, 5.41) is 3.25. The van der Waals surface area contributed by atoms with Crippen LogP contribution in [0.1, 0.15) is 12.7 Å². The Labute approximate surface area is 94.9 Å². The Bertz CT molecular complexity index is 370. The van der Waals surface area contributed by atoms with E-state index in [1.54, 1.807) is 24.5 Å². The zero-order valence-electron chi connectivity index (χ0n) is 9.35. The lowest BCUT2D eigenvalue weighted by molar-refractivity contribution is -0.128. The van der Waals surface area contributed by atoms with Crippen LogP contribution in [0.25, 0.3) is 6.08 Å². The van der Waals surface area contributed by atoms with Gasteiger partial charge in [0.25, 0.3) is 0 Å². The average molecular weight is 220 g/mol. The van der Waals surface area contributed by atoms with Crippen molar-refractivity contribution in [2.75, 3.05) is 19.6 Å². The number of amides is 1. The van der Waals surface area contributed by atoms with Crippen molar-refractivity contribution in [2.24, 2.45) is 0 Å². The van der Waals surface area contributed by atoms with Crippen LogP contribution in [0.2, 0.25) is 0 Å². The fraction of sp³-hybridized carbons (Fsp3) is 0.417. The molecular formula is C12H16N2O2. The molecule has 4 nitrogen and oxygen atoms in total. The molecule has 2 heterocycles. The average Bonchev–Trinajstić information content (AvgIpc) is 2.79. The van der Waals surface area contributed by atoms with Crippen molar-refractivity contribution in [2.45, 2.75) is 13.0 Å². The van der Waals surface area contributed by atoms with E-state index in [1.807, 2.05) is 17.9 Å². The van der Waals surface area contributed by atoms with Crippen molar-refractivity contribution in [3.8, 4) is 0 Å². The Morgan fingerprint density at radius 2 is 2.56 bits per heavy atom. The third kappa shape index (κ3) is 2.52. The summed E-state index contributed by atoms with van der Waals surface area (Å²) < 4.78 is 5.13. The van der Waals surface area contributed by atoms with E-state index in [9.17, 15) is 4.79 Å². The summed E-state index contributed by atoms with van der Waals surface area (Å²) in [5.74, 6) is 0.751. The van der Waals surface area contributed by atoms with Crippen LogP contribution < -0.4 is 5.32 Å². The minimum atomic E-state index is 0.0467. The highest BCUT2D eigenvalue weighted by Gasteiger charge is 2.20. The van der Waals surface area contributed by atoms with Crippen molar-refractivity contribution < 1.29 is 9.21 Å². The number of hydrogen-bond donors (Lipinski definition) is 1. The minimum absolute atomic E-state index is 0.0467. The summed E-state index contributed by atoms with van der Waals surface area (Å²) in [5.41, 5.74) is 0. The van der Waals surface area contributed by atoms with E-state index in [4.69, 9.17) is 4.42 Å². The molecule has 1 aromatic heterocycles. The summed E-state index contributed by atoms with van der Waals surface area (Å²) in [7, 11) is 0. The first-order valence-electron chi connectivity index (χ1n) is 5.50. The molecule has 1 unspecified atom stereocenters. The SMILES string of the molecule is CC1CNCCN1C(=O)C=Cc1ccco1. The summed E-state index contributed by atoms with van der Waals surface area (Å²) in [6, 6.07) is 3.88. The van der Waals surface area contributed by atoms with Gasteiger partial charge < -0.3 is 14.6 Å². The Balaban J connectivity index is 1.97. The summed E-state index contributed by atoms with van der Waals surface area (Å²) >= 11 is 0. The first kappa shape index (κ1) is 11.0. The maximum atomic E-state index is 11.9. The van der Waals surface area contributed by atoms with Gasteiger partial charge in [-0.3, -0.25) is 4.79 Å². The number of hydrogen-bond acceptors (Lipinski definition) is 3. The van der Waals surface area contributed by atoms with Crippen LogP contribution in [0.3, 0.4) is 0 Å². The van der Waals surface area contributed by atoms with Gasteiger partial charge in [-0.05, 0) is 25.1 Å². The molecule has 1 aliphatic rings. The predicted octanol–water partition coefficient (Wildman–Crippen LogP) is 1.11. The van der Waals surface area contributed by atoms with Crippen molar-refractivity contribution in [3.05, 3.63) is 30.2 Å². The van der Waals surface area contributed by atoms with E-state index in [0.717, 1.165) is 19.6 Å². The first-order valence-corrected chi connectivity index (χ1v) is 5.50. The molecule has 1 fully saturated rings. The molecule has 1 amide bonds. The molecule has 0 radical (unpaired) electrons. The van der Waals surface area contributed by atoms with Gasteiger partial charge in [-0.15, -0.1) is 0 Å². The monoisotopic (exact) mass is 220 g/mol. The van der Waals surface area contributed by atoms with E-state index >= 15 is 0 Å². The van der Waals surface area contributed by atoms with E-state index < -0.39 is 0 Å². The molecule has 2 rings (SSSR count). The van der Waals surface area contributed by atoms with Gasteiger partial charge >= 0.3 is 0 Å². The molecule has 16 heavy (non-hydrogen) atoms. The maximum absolute atomic E-state index is 11.9. The number of rotatable bonds is 2. The van der Waals surface area contributed by atoms with E-state index in [1.165, 1.54) is 0 Å². The largest absolute Gasteiger partial charge is 0.465 e. The molecule has 0 aliphatic carbocycles. The second-order valence-corrected chi connectivity index (χ2v) is 3.93. The molecule has 1 atom stereocenters. The van der Waals surface area contributed by atoms with Gasteiger partial charge in [0.05, 0.1) is 6.26 Å². The van der Waals surface area contributed by atoms with Crippen LogP contribution in [0.4, 0.5) is 0 Å². The van der Waals surface area contributed by atoms with Crippen LogP contribution in [-0.2, 0) is 4.79 Å². The van der Waals surface area contributed by atoms with E-state index in [-0.39, 0.29) is 11.9 Å². The Hall–Kier alpha value is -1.55. The number of nitrogens with one attached hydrogen (secondary N) is 1. The number of nitrogens with zero attached hydrogens (tertiary/aromatic N) is 1. The predicted molar refractivity (Wildman–Crippen MR) is 61.8 cm³/mol. The number of piperazine rings is 1. The molecular weight excluding hydrogens is 204 g/mol. The Morgan fingerprint density at radius 1 is 1.69 bits per heavy atom. The Kier molecular flexibility index (Phi) is 3.41. The minimum Gasteiger partial charge on any atom is -0.465 e. The Morgan fingerprint density at radius 3 is 3.25 bits per heavy atom. The first-order chi connectivity index (χ1) is 7.77. The number of carbonyl (C=O) groups excluding carboxylic acids is 1. The molecule has 0 bridgehead atoms. The quantitative estimate of drug-likeness (QED) is 0.759. The van der Waals surface area contributed by atoms with Gasteiger partial charge in [-0.1, -0.05) is 0 Å². The van der Waals surface area contributed by atoms with Crippen molar-refractivity contribution >= 4 is 12.0 Å². The third-order valence-corrected chi connectivity index (χ3v) is 2.72. The van der Waals surface area contributed by atoms with Gasteiger partial charge in [-0.2, -0.15) is 0 Å². The summed E-state index contributed by atoms with van der Waals surface area (Å²) in [6.45, 7) is 4.54. The second kappa shape index (κ2) is 4.99. The zero-order valence-corrected chi connectivity index (χ0v) is 9.35. The van der Waals surface area contributed by atoms with Gasteiger partial charge in [0.2, 0.25) is 5.91 Å². The van der Waals surface area contributed by atoms with Gasteiger partial charge in [0.1, 0.15) is 5.76 Å². The van der Waals surface area contributed by atoms with Gasteiger partial charge in [-0.25, -0.2) is 0 Å². The summed E-state index contributed by atoms with van der Waals surface area (Å²) in [4.78, 5) is 13.7. The van der Waals surface area contributed by atoms with Crippen LogP contribution in [0.5, 0.6) is 0 Å². The van der Waals surface area contributed by atoms with Crippen LogP contribution in [0.15, 0.2) is 28.9 Å². The van der Waals surface area contributed by atoms with E-state index in [0.29, 0.717) is 5.76 Å². The molecule has 1 N–H and O–H groups in total. The van der Waals surface area contributed by atoms with Crippen molar-refractivity contribution in [1.29, 1.82) is 0 Å². The standard InChI is InChI=1S/C12H16N2O2/c1-10-9-13-6-7-14(10)12(15)5-4-11-3-2-8-16-11/h2-5,8,10,13H,6-7,9H2,1H3. The molecule has 0 saturated carbocycles. The molecule has 1 saturated heterocycles. The molecule has 1 aliphatic heterocycles. The lowest BCUT2D eigenvalue weighted by atomic mass is 10.2. The molecule has 86 valence electrons. The van der Waals surface area contributed by atoms with Crippen LogP contribution >= 0.6 is 0 Å². The fourth-order valence-electron chi connectivity index (χ4n) is 1.80. The van der Waals surface area contributed by atoms with Crippen molar-refractivity contribution in [1.82, 2.24) is 10.2 Å². The van der Waals surface area contributed by atoms with E-state index in [2.05, 4.69) is 5.32 Å². The van der Waals surface area contributed by atoms with Gasteiger partial charge in [0, 0.05) is 31.8 Å². The van der Waals surface area contributed by atoms with Gasteiger partial charge in [0.15, 0.2) is 0 Å². The normalized spacial score (nSPS) is 21.6. The van der Waals surface area contributed by atoms with Crippen LogP contribution in [0, 0.1) is 0 Å². The molecule has 4 heteroatoms. The fourth-order valence-corrected chi connectivity index (χ4v) is 1.80. The highest BCUT2D eigenvalue weighted by Crippen LogP contribution is 2.06. The molecule has 0 aromatic carbocycles. The topological polar surface area (TPSA) is 45.5 Å². The lowest BCUT2D eigenvalue weighted by Crippen LogP contribution is -2.51. The highest BCUT2D eigenvalue weighted by atomic mass is 16.3. The maximum Gasteiger partial charge on any atom is 0.247 e. The number of carbonyl (C=O) groups is 1. The second-order valence-electron chi connectivity index (χ2n) is 3.93. The highest BCUT2D eigenvalue weighted by molar-refractivity contribution is 5.91. The zero-order chi connectivity index (χ0) is 11.4. The smallest absolute Gasteiger partial charge is 0.247 e. The molecule has 1 aromatic rings. The van der Waals surface area contributed by atoms with Crippen molar-refractivity contribution in [3.63, 3.8) is 0 Å². The third-order valence-electron chi connectivity index (χ3n) is 2.72. The lowest BCUT2D eigenvalue weighted by Gasteiger charge is -2.33. The summed E-state index contributed by atoms with van der Waals surface area (Å²) in [6.07, 6.45) is 4.87. The number of furan rings is 1. The van der Waals surface area contributed by atoms with Crippen LogP contribution in [-0.4, -0.2) is 36.5 Å². The molecule has 0 spiro atoms.